The van der Waals surface area contributed by atoms with Crippen molar-refractivity contribution in [2.45, 2.75) is 52.9 Å². The van der Waals surface area contributed by atoms with Crippen molar-refractivity contribution < 1.29 is 9.47 Å². The lowest BCUT2D eigenvalue weighted by Gasteiger charge is -2.26. The van der Waals surface area contributed by atoms with E-state index in [1.807, 2.05) is 12.1 Å². The Balaban J connectivity index is 1.57. The van der Waals surface area contributed by atoms with Crippen LogP contribution in [0.2, 0.25) is 0 Å². The maximum Gasteiger partial charge on any atom is 0.122 e. The molecule has 1 fully saturated rings. The summed E-state index contributed by atoms with van der Waals surface area (Å²) >= 11 is 0. The maximum absolute atomic E-state index is 5.80. The number of rotatable bonds is 7. The fraction of sp³-hybridized carbons (Fsp3) is 0.684. The van der Waals surface area contributed by atoms with Crippen molar-refractivity contribution in [3.63, 3.8) is 0 Å². The third-order valence-corrected chi connectivity index (χ3v) is 4.76. The summed E-state index contributed by atoms with van der Waals surface area (Å²) in [6.45, 7) is 8.82. The molecule has 0 bridgehead atoms. The molecule has 2 atom stereocenters. The predicted molar refractivity (Wildman–Crippen MR) is 88.0 cm³/mol. The fourth-order valence-corrected chi connectivity index (χ4v) is 3.27. The summed E-state index contributed by atoms with van der Waals surface area (Å²) in [7, 11) is 0. The highest BCUT2D eigenvalue weighted by Crippen LogP contribution is 2.30. The molecule has 0 saturated heterocycles. The standard InChI is InChI=1S/C19H30O2/c1-15-6-4-8-18(14-15)10-11-20-12-13-21-19-9-5-7-16(2)17(19)3/h5,7,9,15,18H,4,6,8,10-14H2,1-3H3/t15-,18-/m1/s1. The quantitative estimate of drug-likeness (QED) is 0.664. The third-order valence-electron chi connectivity index (χ3n) is 4.76. The number of hydrogen-bond donors (Lipinski definition) is 0. The summed E-state index contributed by atoms with van der Waals surface area (Å²) in [5.74, 6) is 2.78. The van der Waals surface area contributed by atoms with E-state index in [2.05, 4.69) is 26.8 Å². The summed E-state index contributed by atoms with van der Waals surface area (Å²) in [6, 6.07) is 6.19. The molecule has 1 saturated carbocycles. The van der Waals surface area contributed by atoms with Gasteiger partial charge in [0.1, 0.15) is 12.4 Å². The van der Waals surface area contributed by atoms with Gasteiger partial charge in [0.15, 0.2) is 0 Å². The Morgan fingerprint density at radius 1 is 1.10 bits per heavy atom. The van der Waals surface area contributed by atoms with Crippen molar-refractivity contribution in [1.29, 1.82) is 0 Å². The van der Waals surface area contributed by atoms with Gasteiger partial charge < -0.3 is 9.47 Å². The van der Waals surface area contributed by atoms with Gasteiger partial charge >= 0.3 is 0 Å². The van der Waals surface area contributed by atoms with Gasteiger partial charge in [0.05, 0.1) is 6.61 Å². The maximum atomic E-state index is 5.80. The molecule has 1 aromatic rings. The van der Waals surface area contributed by atoms with Crippen LogP contribution in [0, 0.1) is 25.7 Å². The van der Waals surface area contributed by atoms with Gasteiger partial charge in [0, 0.05) is 6.61 Å². The van der Waals surface area contributed by atoms with Crippen LogP contribution in [-0.4, -0.2) is 19.8 Å². The molecule has 21 heavy (non-hydrogen) atoms. The zero-order valence-electron chi connectivity index (χ0n) is 13.9. The molecule has 0 aromatic heterocycles. The van der Waals surface area contributed by atoms with E-state index < -0.39 is 0 Å². The molecule has 118 valence electrons. The SMILES string of the molecule is Cc1cccc(OCCOCC[C@H]2CCC[C@@H](C)C2)c1C. The minimum atomic E-state index is 0.644. The first-order valence-electron chi connectivity index (χ1n) is 8.43. The van der Waals surface area contributed by atoms with Crippen molar-refractivity contribution in [2.24, 2.45) is 11.8 Å². The average molecular weight is 290 g/mol. The Bertz CT molecular complexity index is 428. The molecule has 0 unspecified atom stereocenters. The van der Waals surface area contributed by atoms with Crippen LogP contribution in [0.4, 0.5) is 0 Å². The van der Waals surface area contributed by atoms with E-state index in [0.29, 0.717) is 13.2 Å². The van der Waals surface area contributed by atoms with Crippen LogP contribution in [-0.2, 0) is 4.74 Å². The zero-order chi connectivity index (χ0) is 15.1. The highest BCUT2D eigenvalue weighted by Gasteiger charge is 2.18. The Hall–Kier alpha value is -1.02. The van der Waals surface area contributed by atoms with Crippen molar-refractivity contribution in [2.75, 3.05) is 19.8 Å². The molecule has 0 radical (unpaired) electrons. The number of ether oxygens (including phenoxy) is 2. The van der Waals surface area contributed by atoms with E-state index in [1.165, 1.54) is 43.2 Å². The van der Waals surface area contributed by atoms with E-state index in [1.54, 1.807) is 0 Å². The van der Waals surface area contributed by atoms with Crippen LogP contribution >= 0.6 is 0 Å². The molecule has 2 nitrogen and oxygen atoms in total. The van der Waals surface area contributed by atoms with E-state index in [-0.39, 0.29) is 0 Å². The first-order valence-corrected chi connectivity index (χ1v) is 8.43. The Morgan fingerprint density at radius 2 is 1.95 bits per heavy atom. The minimum Gasteiger partial charge on any atom is -0.491 e. The van der Waals surface area contributed by atoms with Gasteiger partial charge in [-0.05, 0) is 55.7 Å². The largest absolute Gasteiger partial charge is 0.491 e. The molecular formula is C19H30O2. The van der Waals surface area contributed by atoms with Crippen LogP contribution < -0.4 is 4.74 Å². The second-order valence-electron chi connectivity index (χ2n) is 6.59. The summed E-state index contributed by atoms with van der Waals surface area (Å²) in [4.78, 5) is 0. The zero-order valence-corrected chi connectivity index (χ0v) is 13.9. The molecule has 2 heteroatoms. The molecule has 0 N–H and O–H groups in total. The summed E-state index contributed by atoms with van der Waals surface area (Å²) in [5, 5.41) is 0. The first kappa shape index (κ1) is 16.4. The first-order chi connectivity index (χ1) is 10.2. The van der Waals surface area contributed by atoms with Gasteiger partial charge in [-0.2, -0.15) is 0 Å². The fourth-order valence-electron chi connectivity index (χ4n) is 3.27. The van der Waals surface area contributed by atoms with Crippen molar-refractivity contribution in [1.82, 2.24) is 0 Å². The normalized spacial score (nSPS) is 22.2. The van der Waals surface area contributed by atoms with Crippen molar-refractivity contribution in [3.05, 3.63) is 29.3 Å². The second-order valence-corrected chi connectivity index (χ2v) is 6.59. The lowest BCUT2D eigenvalue weighted by Crippen LogP contribution is -2.16. The third kappa shape index (κ3) is 5.35. The van der Waals surface area contributed by atoms with E-state index >= 15 is 0 Å². The van der Waals surface area contributed by atoms with Gasteiger partial charge in [0.25, 0.3) is 0 Å². The summed E-state index contributed by atoms with van der Waals surface area (Å²) in [6.07, 6.45) is 6.82. The lowest BCUT2D eigenvalue weighted by atomic mass is 9.81. The summed E-state index contributed by atoms with van der Waals surface area (Å²) in [5.41, 5.74) is 2.51. The van der Waals surface area contributed by atoms with Crippen LogP contribution in [0.3, 0.4) is 0 Å². The van der Waals surface area contributed by atoms with Crippen molar-refractivity contribution >= 4 is 0 Å². The van der Waals surface area contributed by atoms with Gasteiger partial charge in [-0.1, -0.05) is 38.3 Å². The van der Waals surface area contributed by atoms with Crippen LogP contribution in [0.15, 0.2) is 18.2 Å². The van der Waals surface area contributed by atoms with Crippen LogP contribution in [0.1, 0.15) is 50.2 Å². The van der Waals surface area contributed by atoms with E-state index in [0.717, 1.165) is 24.2 Å². The van der Waals surface area contributed by atoms with Crippen molar-refractivity contribution in [3.8, 4) is 5.75 Å². The number of aryl methyl sites for hydroxylation is 1. The van der Waals surface area contributed by atoms with Gasteiger partial charge in [-0.15, -0.1) is 0 Å². The molecule has 0 amide bonds. The number of benzene rings is 1. The van der Waals surface area contributed by atoms with E-state index in [9.17, 15) is 0 Å². The molecule has 1 aromatic carbocycles. The van der Waals surface area contributed by atoms with Crippen LogP contribution in [0.25, 0.3) is 0 Å². The Labute approximate surface area is 129 Å². The molecular weight excluding hydrogens is 260 g/mol. The van der Waals surface area contributed by atoms with Gasteiger partial charge in [-0.3, -0.25) is 0 Å². The molecule has 0 aliphatic heterocycles. The van der Waals surface area contributed by atoms with Crippen LogP contribution in [0.5, 0.6) is 5.75 Å². The second kappa shape index (κ2) is 8.43. The minimum absolute atomic E-state index is 0.644. The smallest absolute Gasteiger partial charge is 0.122 e. The van der Waals surface area contributed by atoms with Gasteiger partial charge in [0.2, 0.25) is 0 Å². The monoisotopic (exact) mass is 290 g/mol. The summed E-state index contributed by atoms with van der Waals surface area (Å²) < 4.78 is 11.5. The highest BCUT2D eigenvalue weighted by molar-refractivity contribution is 5.38. The Kier molecular flexibility index (Phi) is 6.56. The highest BCUT2D eigenvalue weighted by atomic mass is 16.5. The van der Waals surface area contributed by atoms with Gasteiger partial charge in [-0.25, -0.2) is 0 Å². The average Bonchev–Trinajstić information content (AvgIpc) is 2.47. The molecule has 1 aliphatic rings. The molecule has 0 heterocycles. The molecule has 1 aliphatic carbocycles. The molecule has 2 rings (SSSR count). The van der Waals surface area contributed by atoms with E-state index in [4.69, 9.17) is 9.47 Å². The molecule has 0 spiro atoms. The predicted octanol–water partition coefficient (Wildman–Crippen LogP) is 4.92. The number of hydrogen-bond acceptors (Lipinski definition) is 2. The Morgan fingerprint density at radius 3 is 2.76 bits per heavy atom. The topological polar surface area (TPSA) is 18.5 Å². The lowest BCUT2D eigenvalue weighted by molar-refractivity contribution is 0.0831.